The van der Waals surface area contributed by atoms with Crippen LogP contribution in [0.4, 0.5) is 0 Å². The highest BCUT2D eigenvalue weighted by atomic mass is 16.3. The Balaban J connectivity index is 3.16. The molecule has 0 bridgehead atoms. The maximum Gasteiger partial charge on any atom is 0.120 e. The average Bonchev–Trinajstić information content (AvgIpc) is 2.09. The molecular weight excluding hydrogens is 174 g/mol. The molecule has 0 unspecified atom stereocenters. The number of hydrogen-bond donors (Lipinski definition) is 2. The molecule has 0 aliphatic carbocycles. The topological polar surface area (TPSA) is 46.2 Å². The van der Waals surface area contributed by atoms with Crippen LogP contribution in [0.2, 0.25) is 0 Å². The van der Waals surface area contributed by atoms with Crippen LogP contribution in [0.25, 0.3) is 0 Å². The van der Waals surface area contributed by atoms with Gasteiger partial charge in [0.15, 0.2) is 0 Å². The van der Waals surface area contributed by atoms with Crippen molar-refractivity contribution in [2.45, 2.75) is 25.8 Å². The second-order valence-corrected chi connectivity index (χ2v) is 3.93. The fourth-order valence-electron chi connectivity index (χ4n) is 1.52. The zero-order valence-electron chi connectivity index (χ0n) is 8.75. The van der Waals surface area contributed by atoms with E-state index in [1.807, 2.05) is 26.0 Å². The normalized spacial score (nSPS) is 14.8. The average molecular weight is 191 g/mol. The third kappa shape index (κ3) is 2.15. The molecule has 3 N–H and O–H groups in total. The predicted octanol–water partition coefficient (Wildman–Crippen LogP) is 2.45. The Bertz CT molecular complexity index is 342. The van der Waals surface area contributed by atoms with Gasteiger partial charge < -0.3 is 10.8 Å². The number of benzene rings is 1. The van der Waals surface area contributed by atoms with E-state index in [1.165, 1.54) is 0 Å². The second kappa shape index (κ2) is 3.84. The first kappa shape index (κ1) is 10.8. The molecule has 0 amide bonds. The van der Waals surface area contributed by atoms with Crippen molar-refractivity contribution in [2.24, 2.45) is 5.73 Å². The summed E-state index contributed by atoms with van der Waals surface area (Å²) in [5.74, 6) is 0.252. The maximum atomic E-state index is 9.68. The van der Waals surface area contributed by atoms with Crippen molar-refractivity contribution in [3.63, 3.8) is 0 Å². The summed E-state index contributed by atoms with van der Waals surface area (Å²) >= 11 is 0. The summed E-state index contributed by atoms with van der Waals surface area (Å²) in [6.07, 6.45) is 2.41. The van der Waals surface area contributed by atoms with Crippen LogP contribution in [0.5, 0.6) is 5.75 Å². The number of aromatic hydroxyl groups is 1. The summed E-state index contributed by atoms with van der Waals surface area (Å²) in [4.78, 5) is 0. The standard InChI is InChI=1S/C12H17NO/c1-4-7-12(3,13)10-8-9(2)5-6-11(10)14/h4-6,8,14H,1,7,13H2,2-3H3/t12-/m1/s1. The van der Waals surface area contributed by atoms with Crippen LogP contribution in [0.1, 0.15) is 24.5 Å². The van der Waals surface area contributed by atoms with E-state index < -0.39 is 5.54 Å². The van der Waals surface area contributed by atoms with Crippen molar-refractivity contribution < 1.29 is 5.11 Å². The van der Waals surface area contributed by atoms with Gasteiger partial charge in [-0.15, -0.1) is 6.58 Å². The van der Waals surface area contributed by atoms with Crippen LogP contribution in [0.3, 0.4) is 0 Å². The first-order chi connectivity index (χ1) is 6.47. The third-order valence-electron chi connectivity index (χ3n) is 2.34. The van der Waals surface area contributed by atoms with Crippen LogP contribution in [-0.4, -0.2) is 5.11 Å². The minimum absolute atomic E-state index is 0.252. The molecule has 1 rings (SSSR count). The van der Waals surface area contributed by atoms with Gasteiger partial charge in [-0.05, 0) is 26.3 Å². The van der Waals surface area contributed by atoms with Crippen molar-refractivity contribution in [3.05, 3.63) is 42.0 Å². The molecule has 0 spiro atoms. The molecule has 0 saturated carbocycles. The lowest BCUT2D eigenvalue weighted by Crippen LogP contribution is -2.32. The Kier molecular flexibility index (Phi) is 2.96. The van der Waals surface area contributed by atoms with Crippen molar-refractivity contribution in [1.29, 1.82) is 0 Å². The molecule has 0 heterocycles. The largest absolute Gasteiger partial charge is 0.508 e. The van der Waals surface area contributed by atoms with Gasteiger partial charge in [0, 0.05) is 11.1 Å². The first-order valence-corrected chi connectivity index (χ1v) is 4.67. The number of phenols is 1. The van der Waals surface area contributed by atoms with E-state index in [4.69, 9.17) is 5.73 Å². The summed E-state index contributed by atoms with van der Waals surface area (Å²) < 4.78 is 0. The molecule has 1 aromatic rings. The summed E-state index contributed by atoms with van der Waals surface area (Å²) in [6.45, 7) is 7.53. The summed E-state index contributed by atoms with van der Waals surface area (Å²) in [5, 5.41) is 9.68. The predicted molar refractivity (Wildman–Crippen MR) is 59.2 cm³/mol. The Morgan fingerprint density at radius 1 is 1.57 bits per heavy atom. The van der Waals surface area contributed by atoms with Crippen molar-refractivity contribution >= 4 is 0 Å². The molecule has 1 atom stereocenters. The van der Waals surface area contributed by atoms with Gasteiger partial charge in [0.2, 0.25) is 0 Å². The van der Waals surface area contributed by atoms with E-state index in [2.05, 4.69) is 6.58 Å². The lowest BCUT2D eigenvalue weighted by Gasteiger charge is -2.24. The van der Waals surface area contributed by atoms with E-state index in [1.54, 1.807) is 12.1 Å². The van der Waals surface area contributed by atoms with Crippen LogP contribution < -0.4 is 5.73 Å². The van der Waals surface area contributed by atoms with Crippen LogP contribution >= 0.6 is 0 Å². The SMILES string of the molecule is C=CC[C@@](C)(N)c1cc(C)ccc1O. The Hall–Kier alpha value is -1.28. The number of phenolic OH excluding ortho intramolecular Hbond substituents is 1. The number of nitrogens with two attached hydrogens (primary N) is 1. The highest BCUT2D eigenvalue weighted by molar-refractivity contribution is 5.40. The molecule has 2 heteroatoms. The third-order valence-corrected chi connectivity index (χ3v) is 2.34. The summed E-state index contributed by atoms with van der Waals surface area (Å²) in [5.41, 5.74) is 7.41. The minimum Gasteiger partial charge on any atom is -0.508 e. The van der Waals surface area contributed by atoms with E-state index in [9.17, 15) is 5.11 Å². The zero-order chi connectivity index (χ0) is 10.8. The smallest absolute Gasteiger partial charge is 0.120 e. The molecule has 0 saturated heterocycles. The van der Waals surface area contributed by atoms with Crippen molar-refractivity contribution in [1.82, 2.24) is 0 Å². The fourth-order valence-corrected chi connectivity index (χ4v) is 1.52. The van der Waals surface area contributed by atoms with Gasteiger partial charge in [-0.2, -0.15) is 0 Å². The Morgan fingerprint density at radius 2 is 2.21 bits per heavy atom. The van der Waals surface area contributed by atoms with Gasteiger partial charge in [-0.25, -0.2) is 0 Å². The van der Waals surface area contributed by atoms with Crippen LogP contribution in [0, 0.1) is 6.92 Å². The monoisotopic (exact) mass is 191 g/mol. The summed E-state index contributed by atoms with van der Waals surface area (Å²) in [7, 11) is 0. The van der Waals surface area contributed by atoms with Gasteiger partial charge >= 0.3 is 0 Å². The molecule has 0 aliphatic rings. The molecular formula is C12H17NO. The van der Waals surface area contributed by atoms with Gasteiger partial charge in [0.25, 0.3) is 0 Å². The second-order valence-electron chi connectivity index (χ2n) is 3.93. The minimum atomic E-state index is -0.544. The fraction of sp³-hybridized carbons (Fsp3) is 0.333. The zero-order valence-corrected chi connectivity index (χ0v) is 8.75. The van der Waals surface area contributed by atoms with Crippen molar-refractivity contribution in [2.75, 3.05) is 0 Å². The first-order valence-electron chi connectivity index (χ1n) is 4.67. The number of hydrogen-bond acceptors (Lipinski definition) is 2. The maximum absolute atomic E-state index is 9.68. The molecule has 0 radical (unpaired) electrons. The molecule has 14 heavy (non-hydrogen) atoms. The molecule has 0 fully saturated rings. The highest BCUT2D eigenvalue weighted by Crippen LogP contribution is 2.30. The van der Waals surface area contributed by atoms with E-state index in [-0.39, 0.29) is 5.75 Å². The summed E-state index contributed by atoms with van der Waals surface area (Å²) in [6, 6.07) is 5.46. The van der Waals surface area contributed by atoms with Gasteiger partial charge in [-0.3, -0.25) is 0 Å². The number of aryl methyl sites for hydroxylation is 1. The van der Waals surface area contributed by atoms with Gasteiger partial charge in [0.05, 0.1) is 0 Å². The van der Waals surface area contributed by atoms with Gasteiger partial charge in [0.1, 0.15) is 5.75 Å². The molecule has 0 aliphatic heterocycles. The molecule has 1 aromatic carbocycles. The van der Waals surface area contributed by atoms with E-state index >= 15 is 0 Å². The van der Waals surface area contributed by atoms with E-state index in [0.29, 0.717) is 6.42 Å². The number of rotatable bonds is 3. The lowest BCUT2D eigenvalue weighted by molar-refractivity contribution is 0.426. The van der Waals surface area contributed by atoms with E-state index in [0.717, 1.165) is 11.1 Å². The highest BCUT2D eigenvalue weighted by Gasteiger charge is 2.22. The molecule has 0 aromatic heterocycles. The Morgan fingerprint density at radius 3 is 2.79 bits per heavy atom. The van der Waals surface area contributed by atoms with Crippen LogP contribution in [-0.2, 0) is 5.54 Å². The molecule has 76 valence electrons. The molecule has 2 nitrogen and oxygen atoms in total. The van der Waals surface area contributed by atoms with Crippen LogP contribution in [0.15, 0.2) is 30.9 Å². The lowest BCUT2D eigenvalue weighted by atomic mass is 9.88. The van der Waals surface area contributed by atoms with Crippen molar-refractivity contribution in [3.8, 4) is 5.75 Å². The van der Waals surface area contributed by atoms with Gasteiger partial charge in [-0.1, -0.05) is 23.8 Å². The quantitative estimate of drug-likeness (QED) is 0.721. The Labute approximate surface area is 85.1 Å².